The van der Waals surface area contributed by atoms with E-state index in [-0.39, 0.29) is 5.91 Å². The van der Waals surface area contributed by atoms with Gasteiger partial charge in [0.1, 0.15) is 16.8 Å². The van der Waals surface area contributed by atoms with E-state index in [4.69, 9.17) is 20.9 Å². The van der Waals surface area contributed by atoms with Crippen molar-refractivity contribution < 1.29 is 18.8 Å². The summed E-state index contributed by atoms with van der Waals surface area (Å²) in [6.45, 7) is 8.56. The van der Waals surface area contributed by atoms with Crippen LogP contribution in [0.5, 0.6) is 0 Å². The number of nitrogens with one attached hydrogen (secondary N) is 2. The van der Waals surface area contributed by atoms with E-state index in [1.54, 1.807) is 52.8 Å². The topological polar surface area (TPSA) is 93.5 Å². The number of amides is 2. The zero-order valence-electron chi connectivity index (χ0n) is 20.3. The van der Waals surface area contributed by atoms with Gasteiger partial charge in [0.2, 0.25) is 5.91 Å². The van der Waals surface area contributed by atoms with Crippen molar-refractivity contribution in [1.82, 2.24) is 15.8 Å². The number of fused-ring (bicyclic) bond motifs is 1. The van der Waals surface area contributed by atoms with Crippen LogP contribution in [0.2, 0.25) is 5.02 Å². The first-order valence-electron chi connectivity index (χ1n) is 11.4. The molecule has 2 aromatic carbocycles. The van der Waals surface area contributed by atoms with Gasteiger partial charge in [0.25, 0.3) is 0 Å². The van der Waals surface area contributed by atoms with Crippen LogP contribution in [0.3, 0.4) is 0 Å². The van der Waals surface area contributed by atoms with Gasteiger partial charge in [-0.1, -0.05) is 47.1 Å². The number of aryl methyl sites for hydroxylation is 1. The van der Waals surface area contributed by atoms with E-state index in [1.165, 1.54) is 5.56 Å². The molecule has 3 rings (SSSR count). The van der Waals surface area contributed by atoms with Gasteiger partial charge in [-0.3, -0.25) is 4.79 Å². The van der Waals surface area contributed by atoms with Crippen LogP contribution in [0.25, 0.3) is 11.0 Å². The lowest BCUT2D eigenvalue weighted by Gasteiger charge is -2.29. The number of hydrogen-bond donors (Lipinski definition) is 2. The molecule has 0 fully saturated rings. The number of carbonyl (C=O) groups excluding carboxylic acids is 2. The molecule has 0 aliphatic carbocycles. The van der Waals surface area contributed by atoms with E-state index < -0.39 is 23.3 Å². The third-order valence-electron chi connectivity index (χ3n) is 5.28. The monoisotopic (exact) mass is 485 g/mol. The van der Waals surface area contributed by atoms with Crippen molar-refractivity contribution in [3.05, 3.63) is 64.8 Å². The van der Waals surface area contributed by atoms with Crippen LogP contribution in [0.1, 0.15) is 64.8 Å². The lowest BCUT2D eigenvalue weighted by atomic mass is 9.98. The quantitative estimate of drug-likeness (QED) is 0.410. The first-order chi connectivity index (χ1) is 15.9. The minimum Gasteiger partial charge on any atom is -0.444 e. The first-order valence-corrected chi connectivity index (χ1v) is 11.7. The Hall–Kier alpha value is -3.06. The second kappa shape index (κ2) is 10.5. The zero-order chi connectivity index (χ0) is 24.9. The highest BCUT2D eigenvalue weighted by Gasteiger charge is 2.34. The third-order valence-corrected chi connectivity index (χ3v) is 5.51. The first kappa shape index (κ1) is 25.6. The molecular formula is C26H32ClN3O4. The maximum Gasteiger partial charge on any atom is 0.408 e. The molecule has 7 nitrogen and oxygen atoms in total. The molecule has 1 atom stereocenters. The number of hydrogen-bond acceptors (Lipinski definition) is 5. The smallest absolute Gasteiger partial charge is 0.408 e. The van der Waals surface area contributed by atoms with Gasteiger partial charge in [0, 0.05) is 10.4 Å². The predicted octanol–water partition coefficient (Wildman–Crippen LogP) is 5.96. The molecule has 2 amide bonds. The summed E-state index contributed by atoms with van der Waals surface area (Å²) >= 11 is 6.21. The van der Waals surface area contributed by atoms with Crippen LogP contribution < -0.4 is 10.6 Å². The Labute approximate surface area is 205 Å². The van der Waals surface area contributed by atoms with Crippen LogP contribution in [-0.2, 0) is 16.0 Å². The highest BCUT2D eigenvalue weighted by molar-refractivity contribution is 6.31. The van der Waals surface area contributed by atoms with Gasteiger partial charge in [-0.25, -0.2) is 4.79 Å². The molecule has 34 heavy (non-hydrogen) atoms. The fourth-order valence-electron chi connectivity index (χ4n) is 3.57. The minimum atomic E-state index is -1.21. The summed E-state index contributed by atoms with van der Waals surface area (Å²) in [5, 5.41) is 11.3. The van der Waals surface area contributed by atoms with E-state index in [0.29, 0.717) is 22.7 Å². The summed E-state index contributed by atoms with van der Waals surface area (Å²) < 4.78 is 10.8. The SMILES string of the molecule is CC(C)(C)OC(=O)NC(C)(C)C(=O)NC(CCCc1ccccc1)c1noc2ccc(Cl)cc12. The average Bonchev–Trinajstić information content (AvgIpc) is 3.14. The summed E-state index contributed by atoms with van der Waals surface area (Å²) in [5.74, 6) is -0.360. The lowest BCUT2D eigenvalue weighted by Crippen LogP contribution is -2.56. The predicted molar refractivity (Wildman–Crippen MR) is 133 cm³/mol. The van der Waals surface area contributed by atoms with Crippen LogP contribution in [0.15, 0.2) is 53.1 Å². The number of aromatic nitrogens is 1. The normalized spacial score (nSPS) is 12.9. The molecule has 1 aromatic heterocycles. The Morgan fingerprint density at radius 3 is 2.47 bits per heavy atom. The number of alkyl carbamates (subject to hydrolysis) is 1. The van der Waals surface area contributed by atoms with E-state index in [2.05, 4.69) is 27.9 Å². The summed E-state index contributed by atoms with van der Waals surface area (Å²) in [6.07, 6.45) is 1.62. The molecule has 1 heterocycles. The second-order valence-electron chi connectivity index (χ2n) is 9.86. The van der Waals surface area contributed by atoms with Crippen molar-refractivity contribution in [2.24, 2.45) is 0 Å². The molecule has 2 N–H and O–H groups in total. The summed E-state index contributed by atoms with van der Waals surface area (Å²) in [5.41, 5.74) is 0.527. The summed E-state index contributed by atoms with van der Waals surface area (Å²) in [6, 6.07) is 15.0. The molecule has 0 aliphatic rings. The number of benzene rings is 2. The summed E-state index contributed by atoms with van der Waals surface area (Å²) in [7, 11) is 0. The lowest BCUT2D eigenvalue weighted by molar-refractivity contribution is -0.127. The van der Waals surface area contributed by atoms with Crippen molar-refractivity contribution in [1.29, 1.82) is 0 Å². The maximum absolute atomic E-state index is 13.2. The van der Waals surface area contributed by atoms with Gasteiger partial charge in [-0.15, -0.1) is 0 Å². The Balaban J connectivity index is 1.79. The van der Waals surface area contributed by atoms with Gasteiger partial charge >= 0.3 is 6.09 Å². The van der Waals surface area contributed by atoms with Crippen LogP contribution >= 0.6 is 11.6 Å². The van der Waals surface area contributed by atoms with Crippen LogP contribution in [0, 0.1) is 0 Å². The van der Waals surface area contributed by atoms with Crippen molar-refractivity contribution >= 4 is 34.6 Å². The highest BCUT2D eigenvalue weighted by atomic mass is 35.5. The highest BCUT2D eigenvalue weighted by Crippen LogP contribution is 2.29. The number of ether oxygens (including phenoxy) is 1. The second-order valence-corrected chi connectivity index (χ2v) is 10.3. The van der Waals surface area contributed by atoms with Gasteiger partial charge in [-0.05, 0) is 77.6 Å². The Kier molecular flexibility index (Phi) is 7.87. The molecule has 182 valence electrons. The molecule has 0 saturated carbocycles. The fraction of sp³-hybridized carbons (Fsp3) is 0.423. The molecule has 8 heteroatoms. The van der Waals surface area contributed by atoms with Gasteiger partial charge < -0.3 is 19.9 Å². The van der Waals surface area contributed by atoms with Crippen LogP contribution in [0.4, 0.5) is 4.79 Å². The Bertz CT molecular complexity index is 1140. The van der Waals surface area contributed by atoms with E-state index >= 15 is 0 Å². The maximum atomic E-state index is 13.2. The molecule has 0 spiro atoms. The van der Waals surface area contributed by atoms with Crippen molar-refractivity contribution in [3.8, 4) is 0 Å². The van der Waals surface area contributed by atoms with Gasteiger partial charge in [-0.2, -0.15) is 0 Å². The standard InChI is InChI=1S/C26H32ClN3O4/c1-25(2,3)33-24(32)29-26(4,5)23(31)28-20(13-9-12-17-10-7-6-8-11-17)22-19-16-18(27)14-15-21(19)34-30-22/h6-8,10-11,14-16,20H,9,12-13H2,1-5H3,(H,28,31)(H,29,32). The molecular weight excluding hydrogens is 454 g/mol. The molecule has 1 unspecified atom stereocenters. The molecule has 0 saturated heterocycles. The van der Waals surface area contributed by atoms with E-state index in [1.807, 2.05) is 18.2 Å². The largest absolute Gasteiger partial charge is 0.444 e. The third kappa shape index (κ3) is 6.97. The van der Waals surface area contributed by atoms with Crippen molar-refractivity contribution in [2.45, 2.75) is 71.1 Å². The average molecular weight is 486 g/mol. The van der Waals surface area contributed by atoms with Crippen molar-refractivity contribution in [3.63, 3.8) is 0 Å². The number of nitrogens with zero attached hydrogens (tertiary/aromatic N) is 1. The number of rotatable bonds is 8. The molecule has 3 aromatic rings. The Morgan fingerprint density at radius 1 is 1.09 bits per heavy atom. The van der Waals surface area contributed by atoms with E-state index in [9.17, 15) is 9.59 Å². The fourth-order valence-corrected chi connectivity index (χ4v) is 3.74. The molecule has 0 radical (unpaired) electrons. The van der Waals surface area contributed by atoms with Crippen LogP contribution in [-0.4, -0.2) is 28.3 Å². The van der Waals surface area contributed by atoms with Crippen molar-refractivity contribution in [2.75, 3.05) is 0 Å². The number of carbonyl (C=O) groups is 2. The van der Waals surface area contributed by atoms with Gasteiger partial charge in [0.15, 0.2) is 5.58 Å². The van der Waals surface area contributed by atoms with Gasteiger partial charge in [0.05, 0.1) is 6.04 Å². The number of halogens is 1. The van der Waals surface area contributed by atoms with E-state index in [0.717, 1.165) is 18.2 Å². The Morgan fingerprint density at radius 2 is 1.79 bits per heavy atom. The minimum absolute atomic E-state index is 0.360. The summed E-state index contributed by atoms with van der Waals surface area (Å²) in [4.78, 5) is 25.5. The molecule has 0 bridgehead atoms. The molecule has 0 aliphatic heterocycles. The zero-order valence-corrected chi connectivity index (χ0v) is 21.0.